The van der Waals surface area contributed by atoms with Gasteiger partial charge in [0, 0.05) is 24.7 Å². The predicted molar refractivity (Wildman–Crippen MR) is 66.7 cm³/mol. The summed E-state index contributed by atoms with van der Waals surface area (Å²) in [5.74, 6) is 1.61. The van der Waals surface area contributed by atoms with Crippen molar-refractivity contribution in [3.8, 4) is 0 Å². The van der Waals surface area contributed by atoms with E-state index in [4.69, 9.17) is 11.6 Å². The number of rotatable bonds is 5. The Hall–Kier alpha value is -0.760. The maximum Gasteiger partial charge on any atom is 0.129 e. The minimum atomic E-state index is 0.559. The summed E-state index contributed by atoms with van der Waals surface area (Å²) < 4.78 is 0. The predicted octanol–water partition coefficient (Wildman–Crippen LogP) is 3.23. The molecule has 84 valence electrons. The third-order valence-electron chi connectivity index (χ3n) is 2.53. The van der Waals surface area contributed by atoms with Gasteiger partial charge in [0.15, 0.2) is 0 Å². The van der Waals surface area contributed by atoms with Crippen molar-refractivity contribution < 1.29 is 0 Å². The number of hydrogen-bond acceptors (Lipinski definition) is 2. The normalized spacial score (nSPS) is 10.4. The highest BCUT2D eigenvalue weighted by Gasteiger charge is 2.06. The summed E-state index contributed by atoms with van der Waals surface area (Å²) in [6.45, 7) is 8.37. The van der Waals surface area contributed by atoms with Crippen molar-refractivity contribution in [1.29, 1.82) is 0 Å². The van der Waals surface area contributed by atoms with E-state index in [0.29, 0.717) is 5.88 Å². The highest BCUT2D eigenvalue weighted by atomic mass is 35.5. The van der Waals surface area contributed by atoms with E-state index < -0.39 is 0 Å². The first kappa shape index (κ1) is 12.3. The van der Waals surface area contributed by atoms with Crippen LogP contribution < -0.4 is 4.90 Å². The van der Waals surface area contributed by atoms with E-state index in [1.165, 1.54) is 0 Å². The van der Waals surface area contributed by atoms with Gasteiger partial charge in [-0.1, -0.05) is 6.92 Å². The lowest BCUT2D eigenvalue weighted by Gasteiger charge is -2.21. The van der Waals surface area contributed by atoms with E-state index >= 15 is 0 Å². The van der Waals surface area contributed by atoms with Crippen LogP contribution in [-0.4, -0.2) is 18.1 Å². The number of pyridine rings is 1. The molecule has 2 nitrogen and oxygen atoms in total. The van der Waals surface area contributed by atoms with Gasteiger partial charge in [0.05, 0.1) is 0 Å². The Morgan fingerprint density at radius 3 is 2.33 bits per heavy atom. The molecule has 0 aliphatic heterocycles. The summed E-state index contributed by atoms with van der Waals surface area (Å²) in [6.07, 6.45) is 0.957. The van der Waals surface area contributed by atoms with Crippen LogP contribution in [0.1, 0.15) is 32.0 Å². The Balaban J connectivity index is 3.05. The van der Waals surface area contributed by atoms with E-state index in [1.807, 2.05) is 0 Å². The van der Waals surface area contributed by atoms with Gasteiger partial charge in [-0.05, 0) is 38.0 Å². The van der Waals surface area contributed by atoms with E-state index in [2.05, 4.69) is 42.8 Å². The molecular formula is C12H19ClN2. The number of aryl methyl sites for hydroxylation is 1. The first-order chi connectivity index (χ1) is 7.24. The summed E-state index contributed by atoms with van der Waals surface area (Å²) in [7, 11) is 0. The van der Waals surface area contributed by atoms with Crippen LogP contribution in [0.2, 0.25) is 0 Å². The van der Waals surface area contributed by atoms with E-state index in [0.717, 1.165) is 36.6 Å². The minimum absolute atomic E-state index is 0.559. The van der Waals surface area contributed by atoms with E-state index in [9.17, 15) is 0 Å². The van der Waals surface area contributed by atoms with Gasteiger partial charge in [0.25, 0.3) is 0 Å². The molecule has 0 saturated carbocycles. The lowest BCUT2D eigenvalue weighted by atomic mass is 10.2. The van der Waals surface area contributed by atoms with Gasteiger partial charge in [-0.25, -0.2) is 4.98 Å². The molecule has 0 aromatic carbocycles. The Kier molecular flexibility index (Phi) is 4.89. The SMILES string of the molecule is CCc1cc(CCl)cc(N(CC)CC)n1. The lowest BCUT2D eigenvalue weighted by Crippen LogP contribution is -2.23. The van der Waals surface area contributed by atoms with Gasteiger partial charge in [0.1, 0.15) is 5.82 Å². The fraction of sp³-hybridized carbons (Fsp3) is 0.583. The highest BCUT2D eigenvalue weighted by molar-refractivity contribution is 6.17. The zero-order valence-electron chi connectivity index (χ0n) is 9.76. The number of anilines is 1. The Labute approximate surface area is 97.3 Å². The standard InChI is InChI=1S/C12H19ClN2/c1-4-11-7-10(9-13)8-12(14-11)15(5-2)6-3/h7-8H,4-6,9H2,1-3H3. The fourth-order valence-corrected chi connectivity index (χ4v) is 1.76. The molecule has 0 unspecified atom stereocenters. The molecule has 0 atom stereocenters. The zero-order valence-corrected chi connectivity index (χ0v) is 10.5. The Morgan fingerprint density at radius 2 is 1.87 bits per heavy atom. The summed E-state index contributed by atoms with van der Waals surface area (Å²) in [5.41, 5.74) is 2.28. The molecule has 15 heavy (non-hydrogen) atoms. The number of halogens is 1. The van der Waals surface area contributed by atoms with E-state index in [1.54, 1.807) is 0 Å². The number of aromatic nitrogens is 1. The molecule has 3 heteroatoms. The molecule has 0 N–H and O–H groups in total. The monoisotopic (exact) mass is 226 g/mol. The maximum atomic E-state index is 5.87. The Morgan fingerprint density at radius 1 is 1.20 bits per heavy atom. The van der Waals surface area contributed by atoms with Crippen LogP contribution in [0, 0.1) is 0 Å². The van der Waals surface area contributed by atoms with Crippen LogP contribution in [0.15, 0.2) is 12.1 Å². The second-order valence-electron chi connectivity index (χ2n) is 3.48. The van der Waals surface area contributed by atoms with Crippen LogP contribution >= 0.6 is 11.6 Å². The van der Waals surface area contributed by atoms with Gasteiger partial charge in [-0.2, -0.15) is 0 Å². The lowest BCUT2D eigenvalue weighted by molar-refractivity contribution is 0.835. The molecule has 1 aromatic heterocycles. The average Bonchev–Trinajstić information content (AvgIpc) is 2.30. The van der Waals surface area contributed by atoms with Gasteiger partial charge in [-0.15, -0.1) is 11.6 Å². The topological polar surface area (TPSA) is 16.1 Å². The molecule has 1 aromatic rings. The highest BCUT2D eigenvalue weighted by Crippen LogP contribution is 2.16. The first-order valence-electron chi connectivity index (χ1n) is 5.55. The smallest absolute Gasteiger partial charge is 0.129 e. The van der Waals surface area contributed by atoms with Crippen LogP contribution in [0.5, 0.6) is 0 Å². The second kappa shape index (κ2) is 5.96. The third kappa shape index (κ3) is 3.10. The number of alkyl halides is 1. The molecule has 1 heterocycles. The summed E-state index contributed by atoms with van der Waals surface area (Å²) in [5, 5.41) is 0. The minimum Gasteiger partial charge on any atom is -0.357 e. The van der Waals surface area contributed by atoms with Crippen molar-refractivity contribution in [2.24, 2.45) is 0 Å². The molecule has 0 saturated heterocycles. The van der Waals surface area contributed by atoms with Crippen LogP contribution in [-0.2, 0) is 12.3 Å². The van der Waals surface area contributed by atoms with E-state index in [-0.39, 0.29) is 0 Å². The number of hydrogen-bond donors (Lipinski definition) is 0. The van der Waals surface area contributed by atoms with Crippen molar-refractivity contribution in [1.82, 2.24) is 4.98 Å². The van der Waals surface area contributed by atoms with Gasteiger partial charge in [-0.3, -0.25) is 0 Å². The summed E-state index contributed by atoms with van der Waals surface area (Å²) in [6, 6.07) is 4.17. The first-order valence-corrected chi connectivity index (χ1v) is 6.09. The largest absolute Gasteiger partial charge is 0.357 e. The van der Waals surface area contributed by atoms with Gasteiger partial charge < -0.3 is 4.90 Å². The van der Waals surface area contributed by atoms with Crippen molar-refractivity contribution >= 4 is 17.4 Å². The quantitative estimate of drug-likeness (QED) is 0.717. The number of nitrogens with zero attached hydrogens (tertiary/aromatic N) is 2. The van der Waals surface area contributed by atoms with Crippen LogP contribution in [0.4, 0.5) is 5.82 Å². The molecule has 1 rings (SSSR count). The zero-order chi connectivity index (χ0) is 11.3. The third-order valence-corrected chi connectivity index (χ3v) is 2.84. The fourth-order valence-electron chi connectivity index (χ4n) is 1.60. The maximum absolute atomic E-state index is 5.87. The molecule has 0 spiro atoms. The van der Waals surface area contributed by atoms with Crippen molar-refractivity contribution in [2.75, 3.05) is 18.0 Å². The van der Waals surface area contributed by atoms with Crippen molar-refractivity contribution in [2.45, 2.75) is 33.1 Å². The second-order valence-corrected chi connectivity index (χ2v) is 3.75. The molecule has 0 fully saturated rings. The van der Waals surface area contributed by atoms with Gasteiger partial charge >= 0.3 is 0 Å². The van der Waals surface area contributed by atoms with Crippen molar-refractivity contribution in [3.63, 3.8) is 0 Å². The van der Waals surface area contributed by atoms with Crippen molar-refractivity contribution in [3.05, 3.63) is 23.4 Å². The molecule has 0 aliphatic rings. The molecule has 0 aliphatic carbocycles. The van der Waals surface area contributed by atoms with Gasteiger partial charge in [0.2, 0.25) is 0 Å². The molecular weight excluding hydrogens is 208 g/mol. The molecule has 0 bridgehead atoms. The summed E-state index contributed by atoms with van der Waals surface area (Å²) in [4.78, 5) is 6.85. The van der Waals surface area contributed by atoms with Crippen LogP contribution in [0.3, 0.4) is 0 Å². The average molecular weight is 227 g/mol. The Bertz CT molecular complexity index is 286. The van der Waals surface area contributed by atoms with Crippen LogP contribution in [0.25, 0.3) is 0 Å². The molecule has 0 radical (unpaired) electrons. The molecule has 0 amide bonds. The summed E-state index contributed by atoms with van der Waals surface area (Å²) >= 11 is 5.87.